The quantitative estimate of drug-likeness (QED) is 0.403. The molecule has 0 bridgehead atoms. The van der Waals surface area contributed by atoms with Crippen LogP contribution in [0.25, 0.3) is 0 Å². The molecule has 3 rings (SSSR count). The van der Waals surface area contributed by atoms with Crippen molar-refractivity contribution in [3.05, 3.63) is 81.3 Å². The molecule has 3 N–H and O–H groups in total. The summed E-state index contributed by atoms with van der Waals surface area (Å²) in [5, 5.41) is 5.33. The summed E-state index contributed by atoms with van der Waals surface area (Å²) in [6, 6.07) is 9.10. The molecule has 2 aromatic carbocycles. The molecule has 170 valence electrons. The Kier molecular flexibility index (Phi) is 7.54. The van der Waals surface area contributed by atoms with E-state index in [1.54, 1.807) is 18.2 Å². The highest BCUT2D eigenvalue weighted by molar-refractivity contribution is 7.87. The van der Waals surface area contributed by atoms with Gasteiger partial charge in [0, 0.05) is 11.8 Å². The summed E-state index contributed by atoms with van der Waals surface area (Å²) in [6.45, 7) is 1.95. The largest absolute Gasteiger partial charge is 0.357 e. The number of para-hydroxylation sites is 1. The second-order valence-corrected chi connectivity index (χ2v) is 9.06. The van der Waals surface area contributed by atoms with E-state index >= 15 is 0 Å². The number of nitrogens with zero attached hydrogens (tertiary/aromatic N) is 1. The Bertz CT molecular complexity index is 1220. The van der Waals surface area contributed by atoms with Gasteiger partial charge in [-0.1, -0.05) is 31.2 Å². The maximum atomic E-state index is 13.5. The smallest absolute Gasteiger partial charge is 0.346 e. The van der Waals surface area contributed by atoms with E-state index in [4.69, 9.17) is 4.55 Å². The van der Waals surface area contributed by atoms with E-state index in [9.17, 15) is 22.0 Å². The zero-order chi connectivity index (χ0) is 23.3. The molecular weight excluding hydrogens is 460 g/mol. The van der Waals surface area contributed by atoms with Gasteiger partial charge in [-0.25, -0.2) is 13.8 Å². The third-order valence-corrected chi connectivity index (χ3v) is 6.08. The average Bonchev–Trinajstić information content (AvgIpc) is 3.20. The molecule has 0 radical (unpaired) electrons. The number of carbonyl (C=O) groups is 1. The highest BCUT2D eigenvalue weighted by Gasteiger charge is 2.21. The number of amides is 1. The van der Waals surface area contributed by atoms with Gasteiger partial charge in [0.05, 0.1) is 23.8 Å². The fourth-order valence-corrected chi connectivity index (χ4v) is 4.51. The molecule has 1 aromatic heterocycles. The molecule has 0 aliphatic rings. The molecule has 0 aliphatic heterocycles. The summed E-state index contributed by atoms with van der Waals surface area (Å²) < 4.78 is 60.4. The zero-order valence-electron chi connectivity index (χ0n) is 17.0. The monoisotopic (exact) mass is 481 g/mol. The Hall–Kier alpha value is -2.89. The van der Waals surface area contributed by atoms with Gasteiger partial charge in [0.2, 0.25) is 5.91 Å². The first-order chi connectivity index (χ1) is 15.1. The van der Waals surface area contributed by atoms with E-state index in [2.05, 4.69) is 10.3 Å². The van der Waals surface area contributed by atoms with E-state index < -0.39 is 33.9 Å². The van der Waals surface area contributed by atoms with Crippen molar-refractivity contribution in [2.45, 2.75) is 32.2 Å². The van der Waals surface area contributed by atoms with Crippen molar-refractivity contribution in [3.8, 4) is 0 Å². The van der Waals surface area contributed by atoms with Crippen LogP contribution in [-0.2, 0) is 34.4 Å². The molecule has 0 saturated carbocycles. The molecule has 3 aromatic rings. The number of halogens is 2. The maximum Gasteiger partial charge on any atom is 0.357 e. The third-order valence-electron chi connectivity index (χ3n) is 4.59. The van der Waals surface area contributed by atoms with Crippen molar-refractivity contribution >= 4 is 33.2 Å². The third kappa shape index (κ3) is 6.55. The Morgan fingerprint density at radius 2 is 1.94 bits per heavy atom. The van der Waals surface area contributed by atoms with Gasteiger partial charge < -0.3 is 5.32 Å². The Morgan fingerprint density at radius 1 is 1.19 bits per heavy atom. The van der Waals surface area contributed by atoms with Crippen molar-refractivity contribution < 1.29 is 26.5 Å². The first kappa shape index (κ1) is 23.8. The second kappa shape index (κ2) is 10.2. The lowest BCUT2D eigenvalue weighted by atomic mass is 10.0. The highest BCUT2D eigenvalue weighted by Crippen LogP contribution is 2.27. The van der Waals surface area contributed by atoms with Gasteiger partial charge in [-0.3, -0.25) is 14.1 Å². The molecule has 0 saturated heterocycles. The van der Waals surface area contributed by atoms with Crippen LogP contribution < -0.4 is 10.0 Å². The Labute approximate surface area is 188 Å². The standard InChI is InChI=1S/C21H21F2N3O4S2/c1-2-15-12-31-21(24-15)19(11-14-5-3-4-6-18(14)26-32(28,29)30)25-20(27)10-13-7-8-16(22)17(23)9-13/h3-9,12,19,26H,2,10-11H2,1H3,(H,25,27)(H,28,29,30). The second-order valence-electron chi connectivity index (χ2n) is 7.01. The van der Waals surface area contributed by atoms with Gasteiger partial charge in [0.25, 0.3) is 0 Å². The predicted molar refractivity (Wildman–Crippen MR) is 118 cm³/mol. The lowest BCUT2D eigenvalue weighted by Gasteiger charge is -2.19. The summed E-state index contributed by atoms with van der Waals surface area (Å²) >= 11 is 1.35. The molecule has 1 atom stereocenters. The van der Waals surface area contributed by atoms with Crippen molar-refractivity contribution in [1.82, 2.24) is 10.3 Å². The minimum atomic E-state index is -4.49. The summed E-state index contributed by atoms with van der Waals surface area (Å²) in [7, 11) is -4.49. The molecule has 1 amide bonds. The van der Waals surface area contributed by atoms with Crippen LogP contribution in [0.2, 0.25) is 0 Å². The van der Waals surface area contributed by atoms with Gasteiger partial charge in [0.1, 0.15) is 5.01 Å². The molecule has 1 heterocycles. The normalized spacial score (nSPS) is 12.4. The van der Waals surface area contributed by atoms with Crippen LogP contribution in [0.3, 0.4) is 0 Å². The summed E-state index contributed by atoms with van der Waals surface area (Å²) in [5.74, 6) is -2.47. The lowest BCUT2D eigenvalue weighted by molar-refractivity contribution is -0.121. The SMILES string of the molecule is CCc1csc(C(Cc2ccccc2NS(=O)(=O)O)NC(=O)Cc2ccc(F)c(F)c2)n1. The fourth-order valence-electron chi connectivity index (χ4n) is 3.08. The molecule has 7 nitrogen and oxygen atoms in total. The van der Waals surface area contributed by atoms with Gasteiger partial charge in [-0.05, 0) is 35.7 Å². The molecule has 32 heavy (non-hydrogen) atoms. The number of anilines is 1. The molecule has 1 unspecified atom stereocenters. The van der Waals surface area contributed by atoms with Gasteiger partial charge in [0.15, 0.2) is 11.6 Å². The van der Waals surface area contributed by atoms with Crippen molar-refractivity contribution in [2.24, 2.45) is 0 Å². The van der Waals surface area contributed by atoms with E-state index in [0.29, 0.717) is 22.6 Å². The number of aromatic nitrogens is 1. The zero-order valence-corrected chi connectivity index (χ0v) is 18.6. The maximum absolute atomic E-state index is 13.5. The Morgan fingerprint density at radius 3 is 2.59 bits per heavy atom. The summed E-state index contributed by atoms with van der Waals surface area (Å²) in [6.07, 6.45) is 0.705. The van der Waals surface area contributed by atoms with Crippen molar-refractivity contribution in [1.29, 1.82) is 0 Å². The topological polar surface area (TPSA) is 108 Å². The van der Waals surface area contributed by atoms with Crippen LogP contribution in [0.5, 0.6) is 0 Å². The number of nitrogens with one attached hydrogen (secondary N) is 2. The minimum Gasteiger partial charge on any atom is -0.346 e. The molecule has 0 spiro atoms. The number of benzene rings is 2. The molecule has 0 aliphatic carbocycles. The number of carbonyl (C=O) groups excluding carboxylic acids is 1. The number of hydrogen-bond donors (Lipinski definition) is 3. The number of hydrogen-bond acceptors (Lipinski definition) is 5. The van der Waals surface area contributed by atoms with Crippen LogP contribution in [0.15, 0.2) is 47.8 Å². The highest BCUT2D eigenvalue weighted by atomic mass is 32.2. The van der Waals surface area contributed by atoms with Crippen molar-refractivity contribution in [3.63, 3.8) is 0 Å². The van der Waals surface area contributed by atoms with Gasteiger partial charge in [-0.15, -0.1) is 11.3 Å². The molecule has 11 heteroatoms. The predicted octanol–water partition coefficient (Wildman–Crippen LogP) is 3.84. The minimum absolute atomic E-state index is 0.169. The number of thiazole rings is 1. The number of rotatable bonds is 9. The van der Waals surface area contributed by atoms with E-state index in [0.717, 1.165) is 17.8 Å². The first-order valence-electron chi connectivity index (χ1n) is 9.65. The van der Waals surface area contributed by atoms with Crippen LogP contribution in [0.1, 0.15) is 34.8 Å². The Balaban J connectivity index is 1.85. The van der Waals surface area contributed by atoms with Gasteiger partial charge >= 0.3 is 10.3 Å². The van der Waals surface area contributed by atoms with Gasteiger partial charge in [-0.2, -0.15) is 8.42 Å². The van der Waals surface area contributed by atoms with Crippen LogP contribution >= 0.6 is 11.3 Å². The van der Waals surface area contributed by atoms with E-state index in [1.165, 1.54) is 23.5 Å². The van der Waals surface area contributed by atoms with Crippen molar-refractivity contribution in [2.75, 3.05) is 4.72 Å². The molecule has 0 fully saturated rings. The average molecular weight is 482 g/mol. The van der Waals surface area contributed by atoms with Crippen LogP contribution in [0.4, 0.5) is 14.5 Å². The molecular formula is C21H21F2N3O4S2. The fraction of sp³-hybridized carbons (Fsp3) is 0.238. The lowest BCUT2D eigenvalue weighted by Crippen LogP contribution is -2.31. The van der Waals surface area contributed by atoms with Crippen LogP contribution in [0, 0.1) is 11.6 Å². The number of aryl methyl sites for hydroxylation is 1. The van der Waals surface area contributed by atoms with Crippen LogP contribution in [-0.4, -0.2) is 23.9 Å². The first-order valence-corrected chi connectivity index (χ1v) is 12.0. The summed E-state index contributed by atoms with van der Waals surface area (Å²) in [4.78, 5) is 17.2. The summed E-state index contributed by atoms with van der Waals surface area (Å²) in [5.41, 5.74) is 1.84. The van der Waals surface area contributed by atoms with E-state index in [-0.39, 0.29) is 18.5 Å². The van der Waals surface area contributed by atoms with E-state index in [1.807, 2.05) is 17.0 Å².